The van der Waals surface area contributed by atoms with Crippen molar-refractivity contribution in [3.63, 3.8) is 0 Å². The van der Waals surface area contributed by atoms with Crippen LogP contribution in [0.1, 0.15) is 12.8 Å². The predicted octanol–water partition coefficient (Wildman–Crippen LogP) is 2.87. The summed E-state index contributed by atoms with van der Waals surface area (Å²) in [4.78, 5) is 21.8. The van der Waals surface area contributed by atoms with Crippen LogP contribution in [0.2, 0.25) is 0 Å². The summed E-state index contributed by atoms with van der Waals surface area (Å²) in [5.74, 6) is 0.170. The number of anilines is 1. The first-order valence-corrected chi connectivity index (χ1v) is 7.97. The van der Waals surface area contributed by atoms with Crippen LogP contribution in [0.3, 0.4) is 0 Å². The van der Waals surface area contributed by atoms with Crippen LogP contribution in [0.4, 0.5) is 5.13 Å². The van der Waals surface area contributed by atoms with E-state index in [1.165, 1.54) is 5.56 Å². The number of carbonyl (C=O) groups excluding carboxylic acids is 1. The second-order valence-electron chi connectivity index (χ2n) is 5.46. The zero-order valence-electron chi connectivity index (χ0n) is 12.3. The fourth-order valence-electron chi connectivity index (χ4n) is 2.68. The van der Waals surface area contributed by atoms with Crippen molar-refractivity contribution in [1.29, 1.82) is 0 Å². The lowest BCUT2D eigenvalue weighted by Crippen LogP contribution is -2.42. The fourth-order valence-corrected chi connectivity index (χ4v) is 3.68. The number of amides is 1. The number of rotatable bonds is 3. The van der Waals surface area contributed by atoms with Crippen molar-refractivity contribution in [2.75, 3.05) is 25.5 Å². The molecule has 0 spiro atoms. The average Bonchev–Trinajstić information content (AvgIpc) is 3.16. The normalized spacial score (nSPS) is 18.0. The van der Waals surface area contributed by atoms with Gasteiger partial charge in [0.1, 0.15) is 6.04 Å². The van der Waals surface area contributed by atoms with E-state index in [2.05, 4.69) is 22.0 Å². The molecule has 1 aliphatic rings. The van der Waals surface area contributed by atoms with E-state index in [0.29, 0.717) is 0 Å². The topological polar surface area (TPSA) is 36.4 Å². The summed E-state index contributed by atoms with van der Waals surface area (Å²) in [5, 5.41) is 0.951. The van der Waals surface area contributed by atoms with E-state index in [9.17, 15) is 4.79 Å². The third kappa shape index (κ3) is 2.78. The van der Waals surface area contributed by atoms with Crippen LogP contribution in [-0.2, 0) is 4.79 Å². The lowest BCUT2D eigenvalue weighted by Gasteiger charge is -2.25. The van der Waals surface area contributed by atoms with E-state index in [0.717, 1.165) is 29.4 Å². The molecule has 3 rings (SSSR count). The molecule has 0 N–H and O–H groups in total. The molecule has 1 fully saturated rings. The van der Waals surface area contributed by atoms with Gasteiger partial charge in [-0.15, -0.1) is 0 Å². The number of benzene rings is 1. The third-order valence-electron chi connectivity index (χ3n) is 3.78. The zero-order valence-corrected chi connectivity index (χ0v) is 13.1. The molecule has 1 aromatic heterocycles. The van der Waals surface area contributed by atoms with Crippen LogP contribution in [0.25, 0.3) is 10.4 Å². The molecule has 110 valence electrons. The monoisotopic (exact) mass is 301 g/mol. The highest BCUT2D eigenvalue weighted by atomic mass is 32.1. The van der Waals surface area contributed by atoms with Crippen molar-refractivity contribution < 1.29 is 4.79 Å². The average molecular weight is 301 g/mol. The molecule has 4 nitrogen and oxygen atoms in total. The number of nitrogens with zero attached hydrogens (tertiary/aromatic N) is 3. The lowest BCUT2D eigenvalue weighted by molar-refractivity contribution is -0.129. The molecule has 1 amide bonds. The van der Waals surface area contributed by atoms with E-state index in [-0.39, 0.29) is 11.9 Å². The van der Waals surface area contributed by atoms with Crippen LogP contribution < -0.4 is 4.90 Å². The minimum atomic E-state index is -0.0604. The van der Waals surface area contributed by atoms with Gasteiger partial charge in [-0.3, -0.25) is 4.79 Å². The summed E-state index contributed by atoms with van der Waals surface area (Å²) in [6.45, 7) is 0.909. The number of thiazole rings is 1. The second kappa shape index (κ2) is 5.85. The van der Waals surface area contributed by atoms with Crippen LogP contribution >= 0.6 is 11.3 Å². The third-order valence-corrected chi connectivity index (χ3v) is 4.86. The molecule has 2 aromatic rings. The van der Waals surface area contributed by atoms with Gasteiger partial charge in [-0.05, 0) is 18.4 Å². The number of likely N-dealkylation sites (N-methyl/N-ethyl adjacent to an activating group) is 1. The van der Waals surface area contributed by atoms with Gasteiger partial charge in [-0.25, -0.2) is 4.98 Å². The SMILES string of the molecule is CN(C)C(=O)C1CCCN1c1ncc(-c2ccccc2)s1. The van der Waals surface area contributed by atoms with Crippen molar-refractivity contribution in [1.82, 2.24) is 9.88 Å². The summed E-state index contributed by atoms with van der Waals surface area (Å²) >= 11 is 1.66. The van der Waals surface area contributed by atoms with Crippen molar-refractivity contribution in [3.05, 3.63) is 36.5 Å². The van der Waals surface area contributed by atoms with Gasteiger partial charge in [0.15, 0.2) is 5.13 Å². The molecule has 1 atom stereocenters. The number of hydrogen-bond acceptors (Lipinski definition) is 4. The Balaban J connectivity index is 1.84. The quantitative estimate of drug-likeness (QED) is 0.874. The number of aromatic nitrogens is 1. The van der Waals surface area contributed by atoms with E-state index in [4.69, 9.17) is 0 Å². The molecule has 0 bridgehead atoms. The molecule has 0 saturated carbocycles. The van der Waals surface area contributed by atoms with Gasteiger partial charge >= 0.3 is 0 Å². The summed E-state index contributed by atoms with van der Waals surface area (Å²) in [6.07, 6.45) is 3.87. The Hall–Kier alpha value is -1.88. The Labute approximate surface area is 129 Å². The van der Waals surface area contributed by atoms with Gasteiger partial charge in [0.2, 0.25) is 5.91 Å². The molecule has 1 aromatic carbocycles. The molecule has 1 saturated heterocycles. The van der Waals surface area contributed by atoms with Gasteiger partial charge in [0.25, 0.3) is 0 Å². The smallest absolute Gasteiger partial charge is 0.244 e. The number of hydrogen-bond donors (Lipinski definition) is 0. The minimum absolute atomic E-state index is 0.0604. The molecule has 2 heterocycles. The maximum Gasteiger partial charge on any atom is 0.244 e. The molecule has 1 unspecified atom stereocenters. The molecular formula is C16H19N3OS. The van der Waals surface area contributed by atoms with Crippen LogP contribution in [-0.4, -0.2) is 42.5 Å². The van der Waals surface area contributed by atoms with E-state index in [1.54, 1.807) is 16.2 Å². The Morgan fingerprint density at radius 2 is 2.10 bits per heavy atom. The second-order valence-corrected chi connectivity index (χ2v) is 6.47. The first-order chi connectivity index (χ1) is 10.2. The Morgan fingerprint density at radius 3 is 2.81 bits per heavy atom. The molecule has 0 radical (unpaired) electrons. The van der Waals surface area contributed by atoms with Gasteiger partial charge in [0.05, 0.1) is 4.88 Å². The molecular weight excluding hydrogens is 282 g/mol. The van der Waals surface area contributed by atoms with Gasteiger partial charge < -0.3 is 9.80 Å². The summed E-state index contributed by atoms with van der Waals surface area (Å²) in [6, 6.07) is 10.2. The minimum Gasteiger partial charge on any atom is -0.347 e. The number of carbonyl (C=O) groups is 1. The summed E-state index contributed by atoms with van der Waals surface area (Å²) < 4.78 is 0. The van der Waals surface area contributed by atoms with E-state index >= 15 is 0 Å². The Morgan fingerprint density at radius 1 is 1.33 bits per heavy atom. The maximum absolute atomic E-state index is 12.3. The zero-order chi connectivity index (χ0) is 14.8. The first kappa shape index (κ1) is 14.1. The van der Waals surface area contributed by atoms with E-state index in [1.807, 2.05) is 38.5 Å². The Kier molecular flexibility index (Phi) is 3.92. The highest BCUT2D eigenvalue weighted by molar-refractivity contribution is 7.18. The van der Waals surface area contributed by atoms with Crippen LogP contribution in [0, 0.1) is 0 Å². The fraction of sp³-hybridized carbons (Fsp3) is 0.375. The van der Waals surface area contributed by atoms with Crippen molar-refractivity contribution in [2.24, 2.45) is 0 Å². The van der Waals surface area contributed by atoms with Crippen LogP contribution in [0.5, 0.6) is 0 Å². The van der Waals surface area contributed by atoms with Crippen molar-refractivity contribution >= 4 is 22.4 Å². The molecule has 21 heavy (non-hydrogen) atoms. The highest BCUT2D eigenvalue weighted by Gasteiger charge is 2.33. The molecule has 5 heteroatoms. The standard InChI is InChI=1S/C16H19N3OS/c1-18(2)15(20)13-9-6-10-19(13)16-17-11-14(21-16)12-7-4-3-5-8-12/h3-5,7-8,11,13H,6,9-10H2,1-2H3. The van der Waals surface area contributed by atoms with Crippen molar-refractivity contribution in [3.8, 4) is 10.4 Å². The van der Waals surface area contributed by atoms with Crippen molar-refractivity contribution in [2.45, 2.75) is 18.9 Å². The maximum atomic E-state index is 12.3. The first-order valence-electron chi connectivity index (χ1n) is 7.16. The van der Waals surface area contributed by atoms with Gasteiger partial charge in [0, 0.05) is 26.8 Å². The summed E-state index contributed by atoms with van der Waals surface area (Å²) in [5.41, 5.74) is 1.18. The molecule has 0 aliphatic carbocycles. The largest absolute Gasteiger partial charge is 0.347 e. The van der Waals surface area contributed by atoms with E-state index < -0.39 is 0 Å². The summed E-state index contributed by atoms with van der Waals surface area (Å²) in [7, 11) is 3.63. The Bertz CT molecular complexity index is 623. The highest BCUT2D eigenvalue weighted by Crippen LogP contribution is 2.34. The predicted molar refractivity (Wildman–Crippen MR) is 86.6 cm³/mol. The molecule has 1 aliphatic heterocycles. The van der Waals surface area contributed by atoms with Gasteiger partial charge in [-0.1, -0.05) is 41.7 Å². The lowest BCUT2D eigenvalue weighted by atomic mass is 10.2. The van der Waals surface area contributed by atoms with Crippen LogP contribution in [0.15, 0.2) is 36.5 Å². The van der Waals surface area contributed by atoms with Gasteiger partial charge in [-0.2, -0.15) is 0 Å².